The van der Waals surface area contributed by atoms with E-state index in [0.717, 1.165) is 28.0 Å². The third-order valence-electron chi connectivity index (χ3n) is 5.47. The third-order valence-corrected chi connectivity index (χ3v) is 5.78. The van der Waals surface area contributed by atoms with Crippen molar-refractivity contribution in [3.8, 4) is 17.2 Å². The van der Waals surface area contributed by atoms with Crippen LogP contribution < -0.4 is 14.2 Å². The highest BCUT2D eigenvalue weighted by molar-refractivity contribution is 6.30. The normalized spacial score (nSPS) is 17.6. The minimum atomic E-state index is -0.341. The SMILES string of the molecule is COc1ccc(C2=NN(C(C)=O)[C@@H](c3cc4cc5c(cc4nc3Cl)OCCO5)C2)cc1. The van der Waals surface area contributed by atoms with Crippen LogP contribution in [0.4, 0.5) is 0 Å². The largest absolute Gasteiger partial charge is 0.497 e. The number of aromatic nitrogens is 1. The van der Waals surface area contributed by atoms with Crippen LogP contribution in [-0.2, 0) is 4.79 Å². The molecule has 0 bridgehead atoms. The van der Waals surface area contributed by atoms with E-state index in [0.29, 0.717) is 41.8 Å². The van der Waals surface area contributed by atoms with Gasteiger partial charge in [0, 0.05) is 30.4 Å². The second-order valence-electron chi connectivity index (χ2n) is 7.42. The lowest BCUT2D eigenvalue weighted by Gasteiger charge is -2.22. The van der Waals surface area contributed by atoms with Gasteiger partial charge in [-0.1, -0.05) is 11.6 Å². The molecule has 2 aromatic carbocycles. The Labute approximate surface area is 184 Å². The van der Waals surface area contributed by atoms with E-state index < -0.39 is 0 Å². The number of pyridine rings is 1. The number of carbonyl (C=O) groups excluding carboxylic acids is 1. The molecule has 0 saturated heterocycles. The molecule has 0 radical (unpaired) electrons. The molecule has 158 valence electrons. The smallest absolute Gasteiger partial charge is 0.240 e. The van der Waals surface area contributed by atoms with E-state index in [1.807, 2.05) is 42.5 Å². The predicted octanol–water partition coefficient (Wildman–Crippen LogP) is 4.37. The van der Waals surface area contributed by atoms with Gasteiger partial charge in [-0.2, -0.15) is 5.10 Å². The minimum Gasteiger partial charge on any atom is -0.497 e. The summed E-state index contributed by atoms with van der Waals surface area (Å²) in [6.07, 6.45) is 0.531. The maximum absolute atomic E-state index is 12.4. The van der Waals surface area contributed by atoms with E-state index >= 15 is 0 Å². The fourth-order valence-electron chi connectivity index (χ4n) is 3.94. The average Bonchev–Trinajstić information content (AvgIpc) is 3.23. The molecule has 31 heavy (non-hydrogen) atoms. The van der Waals surface area contributed by atoms with Gasteiger partial charge in [0.2, 0.25) is 5.91 Å². The van der Waals surface area contributed by atoms with Crippen LogP contribution in [0.1, 0.15) is 30.5 Å². The van der Waals surface area contributed by atoms with E-state index in [2.05, 4.69) is 10.1 Å². The second-order valence-corrected chi connectivity index (χ2v) is 7.77. The Morgan fingerprint density at radius 2 is 1.84 bits per heavy atom. The van der Waals surface area contributed by atoms with Crippen molar-refractivity contribution in [1.82, 2.24) is 9.99 Å². The lowest BCUT2D eigenvalue weighted by atomic mass is 9.98. The molecule has 0 unspecified atom stereocenters. The first-order valence-electron chi connectivity index (χ1n) is 9.95. The van der Waals surface area contributed by atoms with Crippen molar-refractivity contribution in [2.45, 2.75) is 19.4 Å². The molecule has 0 aliphatic carbocycles. The lowest BCUT2D eigenvalue weighted by Crippen LogP contribution is -2.24. The third kappa shape index (κ3) is 3.55. The van der Waals surface area contributed by atoms with Crippen molar-refractivity contribution in [2.75, 3.05) is 20.3 Å². The highest BCUT2D eigenvalue weighted by atomic mass is 35.5. The Hall–Kier alpha value is -3.32. The monoisotopic (exact) mass is 437 g/mol. The lowest BCUT2D eigenvalue weighted by molar-refractivity contribution is -0.130. The van der Waals surface area contributed by atoms with Gasteiger partial charge in [-0.15, -0.1) is 0 Å². The molecule has 0 spiro atoms. The average molecular weight is 438 g/mol. The van der Waals surface area contributed by atoms with Gasteiger partial charge < -0.3 is 14.2 Å². The number of amides is 1. The van der Waals surface area contributed by atoms with Crippen LogP contribution in [0.2, 0.25) is 5.15 Å². The summed E-state index contributed by atoms with van der Waals surface area (Å²) in [4.78, 5) is 16.9. The summed E-state index contributed by atoms with van der Waals surface area (Å²) >= 11 is 6.58. The number of rotatable bonds is 3. The van der Waals surface area contributed by atoms with Gasteiger partial charge in [0.15, 0.2) is 11.5 Å². The van der Waals surface area contributed by atoms with E-state index in [9.17, 15) is 4.79 Å². The number of hydrogen-bond acceptors (Lipinski definition) is 6. The molecule has 5 rings (SSSR count). The standard InChI is InChI=1S/C23H20ClN3O4/c1-13(28)27-20(11-19(26-27)14-3-5-16(29-2)6-4-14)17-9-15-10-21-22(31-8-7-30-21)12-18(15)25-23(17)24/h3-6,9-10,12,20H,7-8,11H2,1-2H3/t20-/m1/s1. The summed E-state index contributed by atoms with van der Waals surface area (Å²) in [6, 6.07) is 13.0. The molecule has 1 atom stereocenters. The summed E-state index contributed by atoms with van der Waals surface area (Å²) in [5.41, 5.74) is 3.19. The van der Waals surface area contributed by atoms with Gasteiger partial charge in [-0.05, 0) is 42.0 Å². The molecule has 0 N–H and O–H groups in total. The van der Waals surface area contributed by atoms with Crippen molar-refractivity contribution >= 4 is 34.1 Å². The van der Waals surface area contributed by atoms with Crippen LogP contribution in [0.3, 0.4) is 0 Å². The first kappa shape index (κ1) is 19.6. The number of halogens is 1. The molecule has 0 fully saturated rings. The summed E-state index contributed by atoms with van der Waals surface area (Å²) in [7, 11) is 1.62. The zero-order valence-corrected chi connectivity index (χ0v) is 17.8. The van der Waals surface area contributed by atoms with Gasteiger partial charge in [0.1, 0.15) is 24.1 Å². The molecule has 8 heteroatoms. The second kappa shape index (κ2) is 7.74. The summed E-state index contributed by atoms with van der Waals surface area (Å²) < 4.78 is 16.6. The van der Waals surface area contributed by atoms with Gasteiger partial charge in [-0.25, -0.2) is 9.99 Å². The number of carbonyl (C=O) groups is 1. The van der Waals surface area contributed by atoms with Crippen molar-refractivity contribution in [3.05, 3.63) is 58.7 Å². The number of hydrogen-bond donors (Lipinski definition) is 0. The fraction of sp³-hybridized carbons (Fsp3) is 0.261. The van der Waals surface area contributed by atoms with E-state index in [1.165, 1.54) is 11.9 Å². The van der Waals surface area contributed by atoms with E-state index in [4.69, 9.17) is 25.8 Å². The number of fused-ring (bicyclic) bond motifs is 2. The maximum Gasteiger partial charge on any atom is 0.240 e. The number of methoxy groups -OCH3 is 1. The van der Waals surface area contributed by atoms with Crippen molar-refractivity contribution in [3.63, 3.8) is 0 Å². The highest BCUT2D eigenvalue weighted by Gasteiger charge is 2.33. The molecule has 7 nitrogen and oxygen atoms in total. The fourth-order valence-corrected chi connectivity index (χ4v) is 4.21. The zero-order valence-electron chi connectivity index (χ0n) is 17.1. The maximum atomic E-state index is 12.4. The molecule has 3 aromatic rings. The van der Waals surface area contributed by atoms with Crippen LogP contribution >= 0.6 is 11.6 Å². The van der Waals surface area contributed by atoms with Crippen molar-refractivity contribution < 1.29 is 19.0 Å². The minimum absolute atomic E-state index is 0.160. The Morgan fingerprint density at radius 3 is 2.52 bits per heavy atom. The molecule has 0 saturated carbocycles. The first-order valence-corrected chi connectivity index (χ1v) is 10.3. The van der Waals surface area contributed by atoms with Gasteiger partial charge in [0.25, 0.3) is 0 Å². The zero-order chi connectivity index (χ0) is 21.5. The quantitative estimate of drug-likeness (QED) is 0.569. The molecular formula is C23H20ClN3O4. The number of benzene rings is 2. The number of nitrogens with zero attached hydrogens (tertiary/aromatic N) is 3. The van der Waals surface area contributed by atoms with Crippen molar-refractivity contribution in [2.24, 2.45) is 5.10 Å². The predicted molar refractivity (Wildman–Crippen MR) is 117 cm³/mol. The summed E-state index contributed by atoms with van der Waals surface area (Å²) in [5, 5.41) is 7.27. The van der Waals surface area contributed by atoms with Crippen LogP contribution in [0, 0.1) is 0 Å². The molecule has 2 aliphatic rings. The van der Waals surface area contributed by atoms with E-state index in [1.54, 1.807) is 7.11 Å². The Morgan fingerprint density at radius 1 is 1.13 bits per heavy atom. The topological polar surface area (TPSA) is 73.2 Å². The van der Waals surface area contributed by atoms with Crippen LogP contribution in [0.15, 0.2) is 47.6 Å². The van der Waals surface area contributed by atoms with Crippen molar-refractivity contribution in [1.29, 1.82) is 0 Å². The molecular weight excluding hydrogens is 418 g/mol. The Balaban J connectivity index is 1.53. The molecule has 1 aromatic heterocycles. The van der Waals surface area contributed by atoms with Crippen LogP contribution in [-0.4, -0.2) is 41.9 Å². The molecule has 3 heterocycles. The van der Waals surface area contributed by atoms with Gasteiger partial charge in [0.05, 0.1) is 24.4 Å². The number of ether oxygens (including phenoxy) is 3. The highest BCUT2D eigenvalue weighted by Crippen LogP contribution is 2.40. The van der Waals surface area contributed by atoms with Crippen LogP contribution in [0.25, 0.3) is 10.9 Å². The van der Waals surface area contributed by atoms with Crippen LogP contribution in [0.5, 0.6) is 17.2 Å². The molecule has 1 amide bonds. The Kier molecular flexibility index (Phi) is 4.90. The van der Waals surface area contributed by atoms with Gasteiger partial charge >= 0.3 is 0 Å². The van der Waals surface area contributed by atoms with Gasteiger partial charge in [-0.3, -0.25) is 4.79 Å². The number of hydrazone groups is 1. The molecule has 2 aliphatic heterocycles. The first-order chi connectivity index (χ1) is 15.0. The summed E-state index contributed by atoms with van der Waals surface area (Å²) in [6.45, 7) is 2.51. The Bertz CT molecular complexity index is 1210. The van der Waals surface area contributed by atoms with E-state index in [-0.39, 0.29) is 11.9 Å². The summed E-state index contributed by atoms with van der Waals surface area (Å²) in [5.74, 6) is 1.94.